The van der Waals surface area contributed by atoms with Crippen molar-refractivity contribution in [2.24, 2.45) is 11.0 Å². The van der Waals surface area contributed by atoms with Crippen molar-refractivity contribution in [2.75, 3.05) is 13.3 Å². The molecule has 0 aliphatic rings. The van der Waals surface area contributed by atoms with Gasteiger partial charge in [-0.25, -0.2) is 18.6 Å². The summed E-state index contributed by atoms with van der Waals surface area (Å²) in [5, 5.41) is 6.61. The normalized spacial score (nSPS) is 11.7. The molecule has 0 aliphatic carbocycles. The van der Waals surface area contributed by atoms with Crippen molar-refractivity contribution in [3.8, 4) is 11.5 Å². The topological polar surface area (TPSA) is 98.6 Å². The van der Waals surface area contributed by atoms with Gasteiger partial charge in [-0.15, -0.1) is 11.8 Å². The maximum Gasteiger partial charge on any atom is 0.238 e. The summed E-state index contributed by atoms with van der Waals surface area (Å²) in [7, 11) is -2.10. The molecule has 2 rings (SSSR count). The number of thioether (sulfide) groups is 1. The summed E-state index contributed by atoms with van der Waals surface area (Å²) in [6.07, 6.45) is 2.00. The van der Waals surface area contributed by atoms with Crippen LogP contribution in [-0.4, -0.2) is 26.7 Å². The van der Waals surface area contributed by atoms with Gasteiger partial charge in [-0.3, -0.25) is 5.84 Å². The smallest absolute Gasteiger partial charge is 0.238 e. The first-order chi connectivity index (χ1) is 10.8. The van der Waals surface area contributed by atoms with Gasteiger partial charge in [-0.2, -0.15) is 0 Å². The lowest BCUT2D eigenvalue weighted by atomic mass is 10.2. The van der Waals surface area contributed by atoms with Crippen LogP contribution >= 0.6 is 11.8 Å². The Morgan fingerprint density at radius 1 is 1.17 bits per heavy atom. The standard InChI is InChI=1S/C15H19N3O3S2/c1-18(16)10-11-9-14(23(17,19)20)7-8-15(11)21-12-3-5-13(22-2)6-4-12/h3-9H,10,16H2,1-2H3,(H2,17,19,20). The molecule has 0 fully saturated rings. The molecule has 0 spiro atoms. The van der Waals surface area contributed by atoms with Crippen LogP contribution in [0.15, 0.2) is 52.3 Å². The van der Waals surface area contributed by atoms with Gasteiger partial charge in [-0.05, 0) is 48.7 Å². The van der Waals surface area contributed by atoms with E-state index in [1.807, 2.05) is 30.5 Å². The molecule has 0 unspecified atom stereocenters. The fourth-order valence-electron chi connectivity index (χ4n) is 2.00. The van der Waals surface area contributed by atoms with Crippen LogP contribution in [-0.2, 0) is 16.6 Å². The Morgan fingerprint density at radius 3 is 2.35 bits per heavy atom. The maximum absolute atomic E-state index is 11.5. The van der Waals surface area contributed by atoms with E-state index in [1.165, 1.54) is 17.1 Å². The Labute approximate surface area is 140 Å². The van der Waals surface area contributed by atoms with E-state index in [4.69, 9.17) is 15.7 Å². The molecule has 0 amide bonds. The van der Waals surface area contributed by atoms with Gasteiger partial charge in [0.05, 0.1) is 4.90 Å². The van der Waals surface area contributed by atoms with E-state index in [9.17, 15) is 8.42 Å². The quantitative estimate of drug-likeness (QED) is 0.469. The number of hydrogen-bond acceptors (Lipinski definition) is 6. The minimum atomic E-state index is -3.78. The van der Waals surface area contributed by atoms with Gasteiger partial charge in [0.2, 0.25) is 10.0 Å². The third-order valence-corrected chi connectivity index (χ3v) is 4.72. The first-order valence-corrected chi connectivity index (χ1v) is 9.50. The van der Waals surface area contributed by atoms with Gasteiger partial charge >= 0.3 is 0 Å². The zero-order chi connectivity index (χ0) is 17.0. The van der Waals surface area contributed by atoms with Crippen LogP contribution < -0.4 is 15.7 Å². The predicted molar refractivity (Wildman–Crippen MR) is 91.8 cm³/mol. The second-order valence-corrected chi connectivity index (χ2v) is 7.45. The minimum absolute atomic E-state index is 0.0273. The molecule has 2 aromatic rings. The number of benzene rings is 2. The molecular formula is C15H19N3O3S2. The summed E-state index contributed by atoms with van der Waals surface area (Å²) in [4.78, 5) is 1.16. The number of nitrogens with two attached hydrogens (primary N) is 2. The van der Waals surface area contributed by atoms with Gasteiger partial charge in [0, 0.05) is 24.1 Å². The largest absolute Gasteiger partial charge is 0.457 e. The van der Waals surface area contributed by atoms with E-state index in [0.717, 1.165) is 4.90 Å². The average Bonchev–Trinajstić information content (AvgIpc) is 2.48. The van der Waals surface area contributed by atoms with Crippen LogP contribution in [0.25, 0.3) is 0 Å². The van der Waals surface area contributed by atoms with Crippen molar-refractivity contribution in [2.45, 2.75) is 16.3 Å². The Balaban J connectivity index is 2.35. The molecule has 0 saturated heterocycles. The molecule has 0 heterocycles. The van der Waals surface area contributed by atoms with Gasteiger partial charge in [0.25, 0.3) is 0 Å². The molecule has 124 valence electrons. The van der Waals surface area contributed by atoms with Crippen molar-refractivity contribution in [3.05, 3.63) is 48.0 Å². The van der Waals surface area contributed by atoms with Crippen LogP contribution in [0.2, 0.25) is 0 Å². The Hall–Kier alpha value is -1.58. The van der Waals surface area contributed by atoms with Crippen molar-refractivity contribution in [1.29, 1.82) is 0 Å². The molecular weight excluding hydrogens is 334 g/mol. The van der Waals surface area contributed by atoms with Gasteiger partial charge in [0.1, 0.15) is 11.5 Å². The van der Waals surface area contributed by atoms with E-state index in [1.54, 1.807) is 24.9 Å². The molecule has 0 atom stereocenters. The summed E-state index contributed by atoms with van der Waals surface area (Å²) < 4.78 is 28.9. The molecule has 0 aromatic heterocycles. The first kappa shape index (κ1) is 17.8. The highest BCUT2D eigenvalue weighted by molar-refractivity contribution is 7.98. The summed E-state index contributed by atoms with van der Waals surface area (Å²) in [5.74, 6) is 6.87. The minimum Gasteiger partial charge on any atom is -0.457 e. The number of rotatable bonds is 6. The number of hydrogen-bond donors (Lipinski definition) is 2. The Morgan fingerprint density at radius 2 is 1.83 bits per heavy atom. The predicted octanol–water partition coefficient (Wildman–Crippen LogP) is 2.15. The molecule has 23 heavy (non-hydrogen) atoms. The van der Waals surface area contributed by atoms with Crippen molar-refractivity contribution in [3.63, 3.8) is 0 Å². The molecule has 0 saturated carbocycles. The molecule has 6 nitrogen and oxygen atoms in total. The SMILES string of the molecule is CSc1ccc(Oc2ccc(S(N)(=O)=O)cc2CN(C)N)cc1. The Kier molecular flexibility index (Phi) is 5.66. The summed E-state index contributed by atoms with van der Waals surface area (Å²) in [6.45, 7) is 0.321. The lowest BCUT2D eigenvalue weighted by Gasteiger charge is -2.16. The maximum atomic E-state index is 11.5. The molecule has 0 aliphatic heterocycles. The highest BCUT2D eigenvalue weighted by atomic mass is 32.2. The lowest BCUT2D eigenvalue weighted by Crippen LogP contribution is -2.25. The van der Waals surface area contributed by atoms with E-state index in [0.29, 0.717) is 23.6 Å². The number of ether oxygens (including phenoxy) is 1. The van der Waals surface area contributed by atoms with Crippen LogP contribution in [0.3, 0.4) is 0 Å². The van der Waals surface area contributed by atoms with Crippen LogP contribution in [0, 0.1) is 0 Å². The molecule has 2 aromatic carbocycles. The zero-order valence-corrected chi connectivity index (χ0v) is 14.5. The van der Waals surface area contributed by atoms with Crippen molar-refractivity contribution < 1.29 is 13.2 Å². The fourth-order valence-corrected chi connectivity index (χ4v) is 2.97. The number of hydrazine groups is 1. The molecule has 0 bridgehead atoms. The van der Waals surface area contributed by atoms with Crippen LogP contribution in [0.1, 0.15) is 5.56 Å². The number of primary sulfonamides is 1. The third kappa shape index (κ3) is 4.95. The third-order valence-electron chi connectivity index (χ3n) is 3.07. The second-order valence-electron chi connectivity index (χ2n) is 5.01. The number of nitrogens with zero attached hydrogens (tertiary/aromatic N) is 1. The molecule has 8 heteroatoms. The second kappa shape index (κ2) is 7.33. The monoisotopic (exact) mass is 353 g/mol. The summed E-state index contributed by atoms with van der Waals surface area (Å²) >= 11 is 1.64. The van der Waals surface area contributed by atoms with Crippen molar-refractivity contribution in [1.82, 2.24) is 5.01 Å². The zero-order valence-electron chi connectivity index (χ0n) is 12.9. The number of sulfonamides is 1. The summed E-state index contributed by atoms with van der Waals surface area (Å²) in [6, 6.07) is 12.1. The lowest BCUT2D eigenvalue weighted by molar-refractivity contribution is 0.334. The molecule has 4 N–H and O–H groups in total. The van der Waals surface area contributed by atoms with E-state index >= 15 is 0 Å². The average molecular weight is 353 g/mol. The van der Waals surface area contributed by atoms with Gasteiger partial charge < -0.3 is 4.74 Å². The van der Waals surface area contributed by atoms with Gasteiger partial charge in [-0.1, -0.05) is 0 Å². The van der Waals surface area contributed by atoms with E-state index in [-0.39, 0.29) is 4.90 Å². The van der Waals surface area contributed by atoms with Crippen molar-refractivity contribution >= 4 is 21.8 Å². The highest BCUT2D eigenvalue weighted by Crippen LogP contribution is 2.29. The molecule has 0 radical (unpaired) electrons. The Bertz CT molecular complexity index is 775. The van der Waals surface area contributed by atoms with Gasteiger partial charge in [0.15, 0.2) is 0 Å². The highest BCUT2D eigenvalue weighted by Gasteiger charge is 2.14. The van der Waals surface area contributed by atoms with E-state index < -0.39 is 10.0 Å². The van der Waals surface area contributed by atoms with Crippen LogP contribution in [0.5, 0.6) is 11.5 Å². The van der Waals surface area contributed by atoms with E-state index in [2.05, 4.69) is 0 Å². The fraction of sp³-hybridized carbons (Fsp3) is 0.200. The van der Waals surface area contributed by atoms with Crippen LogP contribution in [0.4, 0.5) is 0 Å². The first-order valence-electron chi connectivity index (χ1n) is 6.73. The summed E-state index contributed by atoms with van der Waals surface area (Å²) in [5.41, 5.74) is 0.635.